The van der Waals surface area contributed by atoms with Crippen LogP contribution in [0.5, 0.6) is 0 Å². The Hall–Kier alpha value is -0.370. The molecular weight excluding hydrogens is 126 g/mol. The second kappa shape index (κ2) is 3.15. The first-order valence-corrected chi connectivity index (χ1v) is 4.02. The third-order valence-corrected chi connectivity index (χ3v) is 2.38. The van der Waals surface area contributed by atoms with Gasteiger partial charge in [-0.05, 0) is 18.8 Å². The molecule has 1 aliphatic rings. The summed E-state index contributed by atoms with van der Waals surface area (Å²) < 4.78 is 0. The van der Waals surface area contributed by atoms with Crippen LogP contribution in [0.25, 0.3) is 0 Å². The molecule has 0 heterocycles. The van der Waals surface area contributed by atoms with Crippen molar-refractivity contribution < 1.29 is 4.79 Å². The molecule has 1 saturated carbocycles. The fourth-order valence-corrected chi connectivity index (χ4v) is 1.51. The first-order chi connectivity index (χ1) is 4.74. The van der Waals surface area contributed by atoms with Crippen LogP contribution in [0.4, 0.5) is 0 Å². The summed E-state index contributed by atoms with van der Waals surface area (Å²) in [5.74, 6) is 0.956. The van der Waals surface area contributed by atoms with Crippen molar-refractivity contribution in [2.45, 2.75) is 38.6 Å². The Morgan fingerprint density at radius 1 is 1.70 bits per heavy atom. The second-order valence-corrected chi connectivity index (χ2v) is 3.12. The fourth-order valence-electron chi connectivity index (χ4n) is 1.51. The van der Waals surface area contributed by atoms with E-state index in [0.29, 0.717) is 12.3 Å². The van der Waals surface area contributed by atoms with Crippen molar-refractivity contribution in [1.29, 1.82) is 0 Å². The van der Waals surface area contributed by atoms with Crippen LogP contribution < -0.4 is 5.73 Å². The maximum absolute atomic E-state index is 10.9. The number of nitrogens with two attached hydrogens (primary N) is 1. The van der Waals surface area contributed by atoms with Crippen LogP contribution in [0, 0.1) is 5.92 Å². The number of ketones is 1. The molecule has 2 nitrogen and oxygen atoms in total. The molecule has 0 aromatic rings. The highest BCUT2D eigenvalue weighted by atomic mass is 16.1. The van der Waals surface area contributed by atoms with E-state index in [0.717, 1.165) is 12.8 Å². The van der Waals surface area contributed by atoms with Crippen LogP contribution in [0.1, 0.15) is 32.6 Å². The topological polar surface area (TPSA) is 43.1 Å². The van der Waals surface area contributed by atoms with E-state index in [9.17, 15) is 4.79 Å². The average Bonchev–Trinajstić information content (AvgIpc) is 1.95. The van der Waals surface area contributed by atoms with E-state index in [2.05, 4.69) is 6.92 Å². The highest BCUT2D eigenvalue weighted by Crippen LogP contribution is 2.22. The van der Waals surface area contributed by atoms with E-state index < -0.39 is 0 Å². The Bertz CT molecular complexity index is 133. The summed E-state index contributed by atoms with van der Waals surface area (Å²) in [4.78, 5) is 10.9. The molecule has 0 saturated heterocycles. The molecular formula is C8H15NO. The van der Waals surface area contributed by atoms with Crippen molar-refractivity contribution in [3.05, 3.63) is 0 Å². The molecule has 2 heteroatoms. The molecule has 0 unspecified atom stereocenters. The summed E-state index contributed by atoms with van der Waals surface area (Å²) in [6.45, 7) is 2.16. The molecule has 1 aliphatic carbocycles. The highest BCUT2D eigenvalue weighted by Gasteiger charge is 2.24. The zero-order valence-corrected chi connectivity index (χ0v) is 6.47. The monoisotopic (exact) mass is 141 g/mol. The molecule has 10 heavy (non-hydrogen) atoms. The van der Waals surface area contributed by atoms with Crippen molar-refractivity contribution in [2.75, 3.05) is 0 Å². The largest absolute Gasteiger partial charge is 0.322 e. The summed E-state index contributed by atoms with van der Waals surface area (Å²) in [7, 11) is 0. The van der Waals surface area contributed by atoms with Gasteiger partial charge in [0.1, 0.15) is 5.78 Å². The first kappa shape index (κ1) is 7.73. The molecule has 0 amide bonds. The van der Waals surface area contributed by atoms with Gasteiger partial charge in [-0.3, -0.25) is 4.79 Å². The van der Waals surface area contributed by atoms with Crippen LogP contribution in [0.3, 0.4) is 0 Å². The molecule has 0 spiro atoms. The van der Waals surface area contributed by atoms with E-state index in [4.69, 9.17) is 5.73 Å². The molecule has 0 radical (unpaired) electrons. The zero-order chi connectivity index (χ0) is 7.56. The lowest BCUT2D eigenvalue weighted by molar-refractivity contribution is -0.122. The lowest BCUT2D eigenvalue weighted by atomic mass is 9.84. The number of Topliss-reactive ketones (excluding diaryl/α,β-unsaturated/α-hetero) is 1. The van der Waals surface area contributed by atoms with Gasteiger partial charge in [-0.25, -0.2) is 0 Å². The average molecular weight is 141 g/mol. The molecule has 1 fully saturated rings. The molecule has 0 aromatic carbocycles. The lowest BCUT2D eigenvalue weighted by Crippen LogP contribution is -2.36. The van der Waals surface area contributed by atoms with Gasteiger partial charge in [0, 0.05) is 6.42 Å². The Morgan fingerprint density at radius 2 is 2.40 bits per heavy atom. The van der Waals surface area contributed by atoms with Gasteiger partial charge in [0.05, 0.1) is 6.04 Å². The minimum absolute atomic E-state index is 0.154. The van der Waals surface area contributed by atoms with Crippen molar-refractivity contribution in [3.63, 3.8) is 0 Å². The van der Waals surface area contributed by atoms with E-state index in [1.807, 2.05) is 0 Å². The van der Waals surface area contributed by atoms with Gasteiger partial charge in [-0.15, -0.1) is 0 Å². The van der Waals surface area contributed by atoms with Gasteiger partial charge < -0.3 is 5.73 Å². The third-order valence-electron chi connectivity index (χ3n) is 2.38. The minimum atomic E-state index is -0.154. The Kier molecular flexibility index (Phi) is 2.44. The SMILES string of the molecule is CC[C@H]1CCC(=O)[C@H](N)C1. The standard InChI is InChI=1S/C8H15NO/c1-2-6-3-4-8(10)7(9)5-6/h6-7H,2-5,9H2,1H3/t6-,7+/m0/s1. The second-order valence-electron chi connectivity index (χ2n) is 3.12. The van der Waals surface area contributed by atoms with Crippen molar-refractivity contribution >= 4 is 5.78 Å². The minimum Gasteiger partial charge on any atom is -0.322 e. The third kappa shape index (κ3) is 1.57. The van der Waals surface area contributed by atoms with E-state index in [1.165, 1.54) is 6.42 Å². The maximum atomic E-state index is 10.9. The van der Waals surface area contributed by atoms with Crippen LogP contribution in [0.2, 0.25) is 0 Å². The van der Waals surface area contributed by atoms with Crippen molar-refractivity contribution in [3.8, 4) is 0 Å². The predicted molar refractivity (Wildman–Crippen MR) is 40.6 cm³/mol. The molecule has 58 valence electrons. The summed E-state index contributed by atoms with van der Waals surface area (Å²) >= 11 is 0. The van der Waals surface area contributed by atoms with Gasteiger partial charge in [-0.2, -0.15) is 0 Å². The normalized spacial score (nSPS) is 34.4. The number of rotatable bonds is 1. The number of hydrogen-bond donors (Lipinski definition) is 1. The number of carbonyl (C=O) groups is 1. The quantitative estimate of drug-likeness (QED) is 0.594. The van der Waals surface area contributed by atoms with Gasteiger partial charge in [0.15, 0.2) is 0 Å². The van der Waals surface area contributed by atoms with Crippen LogP contribution >= 0.6 is 0 Å². The number of carbonyl (C=O) groups excluding carboxylic acids is 1. The van der Waals surface area contributed by atoms with Gasteiger partial charge >= 0.3 is 0 Å². The molecule has 0 aliphatic heterocycles. The highest BCUT2D eigenvalue weighted by molar-refractivity contribution is 5.84. The summed E-state index contributed by atoms with van der Waals surface area (Å²) in [6.07, 6.45) is 3.85. The van der Waals surface area contributed by atoms with Crippen molar-refractivity contribution in [1.82, 2.24) is 0 Å². The molecule has 2 N–H and O–H groups in total. The van der Waals surface area contributed by atoms with Crippen LogP contribution in [-0.4, -0.2) is 11.8 Å². The Morgan fingerprint density at radius 3 is 2.90 bits per heavy atom. The smallest absolute Gasteiger partial charge is 0.149 e. The van der Waals surface area contributed by atoms with E-state index in [-0.39, 0.29) is 11.8 Å². The summed E-state index contributed by atoms with van der Waals surface area (Å²) in [5.41, 5.74) is 5.59. The first-order valence-electron chi connectivity index (χ1n) is 4.02. The Balaban J connectivity index is 2.40. The number of hydrogen-bond acceptors (Lipinski definition) is 2. The Labute approximate surface area is 61.8 Å². The van der Waals surface area contributed by atoms with Gasteiger partial charge in [0.25, 0.3) is 0 Å². The van der Waals surface area contributed by atoms with Crippen LogP contribution in [0.15, 0.2) is 0 Å². The summed E-state index contributed by atoms with van der Waals surface area (Å²) in [5, 5.41) is 0. The van der Waals surface area contributed by atoms with Gasteiger partial charge in [-0.1, -0.05) is 13.3 Å². The molecule has 1 rings (SSSR count). The predicted octanol–water partition coefficient (Wildman–Crippen LogP) is 1.09. The van der Waals surface area contributed by atoms with Crippen LogP contribution in [-0.2, 0) is 4.79 Å². The zero-order valence-electron chi connectivity index (χ0n) is 6.47. The van der Waals surface area contributed by atoms with E-state index in [1.54, 1.807) is 0 Å². The fraction of sp³-hybridized carbons (Fsp3) is 0.875. The molecule has 0 bridgehead atoms. The van der Waals surface area contributed by atoms with E-state index >= 15 is 0 Å². The molecule has 2 atom stereocenters. The summed E-state index contributed by atoms with van der Waals surface area (Å²) in [6, 6.07) is -0.154. The van der Waals surface area contributed by atoms with Gasteiger partial charge in [0.2, 0.25) is 0 Å². The lowest BCUT2D eigenvalue weighted by Gasteiger charge is -2.24. The van der Waals surface area contributed by atoms with Crippen molar-refractivity contribution in [2.24, 2.45) is 11.7 Å². The maximum Gasteiger partial charge on any atom is 0.149 e. The molecule has 0 aromatic heterocycles.